The summed E-state index contributed by atoms with van der Waals surface area (Å²) in [6.45, 7) is 0. The van der Waals surface area contributed by atoms with Crippen molar-refractivity contribution >= 4 is 34.9 Å². The molecule has 0 saturated heterocycles. The minimum atomic E-state index is -1.34. The van der Waals surface area contributed by atoms with Crippen LogP contribution < -0.4 is 15.2 Å². The van der Waals surface area contributed by atoms with Crippen molar-refractivity contribution in [2.24, 2.45) is 7.05 Å². The Morgan fingerprint density at radius 2 is 2.00 bits per heavy atom. The first kappa shape index (κ1) is 19.9. The monoisotopic (exact) mass is 419 g/mol. The van der Waals surface area contributed by atoms with Gasteiger partial charge in [-0.2, -0.15) is 0 Å². The largest absolute Gasteiger partial charge is 0.489 e. The summed E-state index contributed by atoms with van der Waals surface area (Å²) in [6.07, 6.45) is 0. The van der Waals surface area contributed by atoms with E-state index in [-0.39, 0.29) is 17.7 Å². The van der Waals surface area contributed by atoms with Gasteiger partial charge in [0.15, 0.2) is 5.69 Å². The predicted molar refractivity (Wildman–Crippen MR) is 109 cm³/mol. The Morgan fingerprint density at radius 3 is 2.54 bits per heavy atom. The summed E-state index contributed by atoms with van der Waals surface area (Å²) in [6, 6.07) is 11.1. The van der Waals surface area contributed by atoms with Gasteiger partial charge in [0.2, 0.25) is 11.7 Å². The number of aromatic carboxylic acids is 1. The fourth-order valence-corrected chi connectivity index (χ4v) is 4.05. The SMILES string of the molecule is COc1c(C(=O)O)nc(N(C)C(c2ccccc2)c2ccsc2Cl)n(C)c1=O. The average molecular weight is 420 g/mol. The number of carbonyl (C=O) groups is 1. The van der Waals surface area contributed by atoms with E-state index in [1.807, 2.05) is 41.8 Å². The van der Waals surface area contributed by atoms with Gasteiger partial charge in [0.1, 0.15) is 0 Å². The van der Waals surface area contributed by atoms with Gasteiger partial charge in [0.25, 0.3) is 5.56 Å². The van der Waals surface area contributed by atoms with Gasteiger partial charge in [-0.3, -0.25) is 9.36 Å². The molecule has 3 rings (SSSR count). The molecule has 0 aliphatic heterocycles. The summed E-state index contributed by atoms with van der Waals surface area (Å²) in [5.41, 5.74) is 0.741. The number of thiophene rings is 1. The van der Waals surface area contributed by atoms with Gasteiger partial charge in [-0.05, 0) is 17.0 Å². The lowest BCUT2D eigenvalue weighted by Crippen LogP contribution is -2.34. The first-order valence-electron chi connectivity index (χ1n) is 8.25. The molecule has 0 bridgehead atoms. The highest BCUT2D eigenvalue weighted by atomic mass is 35.5. The van der Waals surface area contributed by atoms with Crippen molar-refractivity contribution in [3.63, 3.8) is 0 Å². The number of methoxy groups -OCH3 is 1. The van der Waals surface area contributed by atoms with Crippen LogP contribution >= 0.6 is 22.9 Å². The summed E-state index contributed by atoms with van der Waals surface area (Å²) in [4.78, 5) is 30.2. The number of carboxylic acids is 1. The molecule has 1 atom stereocenters. The number of carboxylic acid groups (broad SMARTS) is 1. The van der Waals surface area contributed by atoms with Crippen LogP contribution in [0.5, 0.6) is 5.75 Å². The number of hydrogen-bond acceptors (Lipinski definition) is 6. The van der Waals surface area contributed by atoms with E-state index in [0.29, 0.717) is 4.34 Å². The zero-order chi connectivity index (χ0) is 20.4. The van der Waals surface area contributed by atoms with Gasteiger partial charge in [0.05, 0.1) is 17.5 Å². The van der Waals surface area contributed by atoms with E-state index in [1.165, 1.54) is 30.1 Å². The van der Waals surface area contributed by atoms with E-state index in [0.717, 1.165) is 11.1 Å². The number of anilines is 1. The summed E-state index contributed by atoms with van der Waals surface area (Å²) < 4.78 is 6.85. The number of hydrogen-bond donors (Lipinski definition) is 1. The van der Waals surface area contributed by atoms with Crippen LogP contribution in [0.4, 0.5) is 5.95 Å². The number of benzene rings is 1. The van der Waals surface area contributed by atoms with Crippen LogP contribution in [-0.4, -0.2) is 34.8 Å². The molecule has 0 amide bonds. The number of aromatic nitrogens is 2. The maximum Gasteiger partial charge on any atom is 0.358 e. The second kappa shape index (κ2) is 8.04. The molecule has 0 spiro atoms. The fraction of sp³-hybridized carbons (Fsp3) is 0.211. The quantitative estimate of drug-likeness (QED) is 0.659. The number of halogens is 1. The van der Waals surface area contributed by atoms with Gasteiger partial charge in [0, 0.05) is 19.7 Å². The van der Waals surface area contributed by atoms with Crippen molar-refractivity contribution in [1.82, 2.24) is 9.55 Å². The Hall–Kier alpha value is -2.84. The van der Waals surface area contributed by atoms with Gasteiger partial charge in [-0.15, -0.1) is 11.3 Å². The Morgan fingerprint density at radius 1 is 1.32 bits per heavy atom. The molecule has 1 N–H and O–H groups in total. The fourth-order valence-electron chi connectivity index (χ4n) is 3.08. The molecule has 2 aromatic heterocycles. The maximum absolute atomic E-state index is 12.6. The van der Waals surface area contributed by atoms with Crippen molar-refractivity contribution < 1.29 is 14.6 Å². The van der Waals surface area contributed by atoms with E-state index in [2.05, 4.69) is 4.98 Å². The van der Waals surface area contributed by atoms with Crippen molar-refractivity contribution in [1.29, 1.82) is 0 Å². The number of ether oxygens (including phenoxy) is 1. The van der Waals surface area contributed by atoms with Crippen LogP contribution in [0.1, 0.15) is 27.7 Å². The smallest absolute Gasteiger partial charge is 0.358 e. The van der Waals surface area contributed by atoms with Gasteiger partial charge in [-0.1, -0.05) is 41.9 Å². The van der Waals surface area contributed by atoms with E-state index in [1.54, 1.807) is 11.9 Å². The minimum Gasteiger partial charge on any atom is -0.489 e. The molecule has 3 aromatic rings. The summed E-state index contributed by atoms with van der Waals surface area (Å²) in [5.74, 6) is -1.47. The molecule has 0 fully saturated rings. The molecular weight excluding hydrogens is 402 g/mol. The van der Waals surface area contributed by atoms with E-state index >= 15 is 0 Å². The molecule has 7 nitrogen and oxygen atoms in total. The summed E-state index contributed by atoms with van der Waals surface area (Å²) in [7, 11) is 4.50. The third-order valence-corrected chi connectivity index (χ3v) is 5.59. The van der Waals surface area contributed by atoms with Gasteiger partial charge in [-0.25, -0.2) is 9.78 Å². The highest BCUT2D eigenvalue weighted by Crippen LogP contribution is 2.37. The third kappa shape index (κ3) is 3.48. The first-order valence-corrected chi connectivity index (χ1v) is 9.51. The van der Waals surface area contributed by atoms with Crippen molar-refractivity contribution in [3.05, 3.63) is 73.3 Å². The van der Waals surface area contributed by atoms with E-state index in [4.69, 9.17) is 16.3 Å². The standard InChI is InChI=1S/C19H18ClN3O4S/c1-22(19-21-13(18(25)26)15(27-3)17(24)23(19)2)14(11-7-5-4-6-8-11)12-9-10-28-16(12)20/h4-10,14H,1-3H3,(H,25,26). The zero-order valence-electron chi connectivity index (χ0n) is 15.4. The van der Waals surface area contributed by atoms with Crippen LogP contribution in [0.3, 0.4) is 0 Å². The molecule has 1 aromatic carbocycles. The van der Waals surface area contributed by atoms with Crippen LogP contribution in [0, 0.1) is 0 Å². The van der Waals surface area contributed by atoms with E-state index < -0.39 is 17.2 Å². The normalized spacial score (nSPS) is 11.9. The second-order valence-electron chi connectivity index (χ2n) is 6.04. The maximum atomic E-state index is 12.6. The molecule has 9 heteroatoms. The Labute approximate surface area is 170 Å². The van der Waals surface area contributed by atoms with Gasteiger partial charge >= 0.3 is 5.97 Å². The van der Waals surface area contributed by atoms with Crippen LogP contribution in [0.25, 0.3) is 0 Å². The molecule has 146 valence electrons. The van der Waals surface area contributed by atoms with Crippen molar-refractivity contribution in [2.75, 3.05) is 19.1 Å². The van der Waals surface area contributed by atoms with Crippen LogP contribution in [0.2, 0.25) is 4.34 Å². The molecule has 0 saturated carbocycles. The Kier molecular flexibility index (Phi) is 5.71. The third-order valence-electron chi connectivity index (χ3n) is 4.39. The first-order chi connectivity index (χ1) is 13.4. The lowest BCUT2D eigenvalue weighted by atomic mass is 10.00. The van der Waals surface area contributed by atoms with E-state index in [9.17, 15) is 14.7 Å². The highest BCUT2D eigenvalue weighted by Gasteiger charge is 2.28. The summed E-state index contributed by atoms with van der Waals surface area (Å²) in [5, 5.41) is 11.4. The topological polar surface area (TPSA) is 84.7 Å². The molecule has 1 unspecified atom stereocenters. The molecule has 2 heterocycles. The Balaban J connectivity index is 2.22. The predicted octanol–water partition coefficient (Wildman–Crippen LogP) is 3.43. The zero-order valence-corrected chi connectivity index (χ0v) is 17.0. The molecule has 0 aliphatic rings. The lowest BCUT2D eigenvalue weighted by Gasteiger charge is -2.31. The molecular formula is C19H18ClN3O4S. The van der Waals surface area contributed by atoms with Crippen LogP contribution in [0.15, 0.2) is 46.6 Å². The minimum absolute atomic E-state index is 0.180. The Bertz CT molecular complexity index is 1060. The molecule has 0 radical (unpaired) electrons. The number of rotatable bonds is 6. The molecule has 28 heavy (non-hydrogen) atoms. The van der Waals surface area contributed by atoms with Gasteiger partial charge < -0.3 is 14.7 Å². The van der Waals surface area contributed by atoms with Crippen LogP contribution in [-0.2, 0) is 7.05 Å². The lowest BCUT2D eigenvalue weighted by molar-refractivity contribution is 0.0685. The van der Waals surface area contributed by atoms with Crippen molar-refractivity contribution in [2.45, 2.75) is 6.04 Å². The van der Waals surface area contributed by atoms with Crippen molar-refractivity contribution in [3.8, 4) is 5.75 Å². The highest BCUT2D eigenvalue weighted by molar-refractivity contribution is 7.14. The summed E-state index contributed by atoms with van der Waals surface area (Å²) >= 11 is 7.80. The second-order valence-corrected chi connectivity index (χ2v) is 7.55. The molecule has 0 aliphatic carbocycles. The number of nitrogens with zero attached hydrogens (tertiary/aromatic N) is 3. The average Bonchev–Trinajstić information content (AvgIpc) is 3.10.